The van der Waals surface area contributed by atoms with Gasteiger partial charge in [-0.1, -0.05) is 6.07 Å². The van der Waals surface area contributed by atoms with Crippen molar-refractivity contribution in [2.24, 2.45) is 5.92 Å². The number of hydrogen-bond donors (Lipinski definition) is 1. The number of amides is 1. The first-order chi connectivity index (χ1) is 12.0. The van der Waals surface area contributed by atoms with Crippen LogP contribution in [0.15, 0.2) is 24.3 Å². The van der Waals surface area contributed by atoms with Crippen LogP contribution in [0.4, 0.5) is 11.4 Å². The van der Waals surface area contributed by atoms with E-state index in [4.69, 9.17) is 4.74 Å². The maximum atomic E-state index is 12.0. The lowest BCUT2D eigenvalue weighted by Gasteiger charge is -2.30. The first-order valence-electron chi connectivity index (χ1n) is 8.43. The smallest absolute Gasteiger partial charge is 0.309 e. The molecule has 0 unspecified atom stereocenters. The summed E-state index contributed by atoms with van der Waals surface area (Å²) in [6, 6.07) is 5.87. The number of carbonyl (C=O) groups is 2. The van der Waals surface area contributed by atoms with E-state index in [0.717, 1.165) is 25.9 Å². The molecule has 0 saturated carbocycles. The summed E-state index contributed by atoms with van der Waals surface area (Å²) in [4.78, 5) is 36.1. The van der Waals surface area contributed by atoms with Gasteiger partial charge in [0, 0.05) is 30.8 Å². The van der Waals surface area contributed by atoms with Gasteiger partial charge in [0.05, 0.1) is 17.4 Å². The largest absolute Gasteiger partial charge is 0.466 e. The molecule has 1 aromatic rings. The van der Waals surface area contributed by atoms with Crippen LogP contribution in [0.3, 0.4) is 0 Å². The number of esters is 1. The van der Waals surface area contributed by atoms with Crippen LogP contribution in [0.1, 0.15) is 26.2 Å². The van der Waals surface area contributed by atoms with E-state index in [1.165, 1.54) is 18.2 Å². The minimum atomic E-state index is -0.497. The Morgan fingerprint density at radius 3 is 2.72 bits per heavy atom. The summed E-state index contributed by atoms with van der Waals surface area (Å²) in [5.41, 5.74) is 0.360. The first kappa shape index (κ1) is 18.9. The Bertz CT molecular complexity index is 626. The molecule has 1 heterocycles. The number of hydrogen-bond acceptors (Lipinski definition) is 6. The third kappa shape index (κ3) is 5.82. The van der Waals surface area contributed by atoms with Crippen LogP contribution < -0.4 is 5.32 Å². The van der Waals surface area contributed by atoms with Crippen molar-refractivity contribution in [3.8, 4) is 0 Å². The Kier molecular flexibility index (Phi) is 6.88. The number of rotatable bonds is 7. The zero-order valence-electron chi connectivity index (χ0n) is 14.3. The molecule has 1 aliphatic heterocycles. The lowest BCUT2D eigenvalue weighted by molar-refractivity contribution is -0.384. The standard InChI is InChI=1S/C17H23N3O5/c1-2-25-17(22)13-6-9-19(10-7-13)11-8-16(21)18-14-4-3-5-15(12-14)20(23)24/h3-5,12-13H,2,6-11H2,1H3,(H,18,21). The minimum Gasteiger partial charge on any atom is -0.466 e. The molecular weight excluding hydrogens is 326 g/mol. The molecule has 0 aliphatic carbocycles. The van der Waals surface area contributed by atoms with Crippen LogP contribution >= 0.6 is 0 Å². The number of likely N-dealkylation sites (tertiary alicyclic amines) is 1. The number of nitrogens with one attached hydrogen (secondary N) is 1. The van der Waals surface area contributed by atoms with E-state index in [1.54, 1.807) is 13.0 Å². The Morgan fingerprint density at radius 2 is 2.08 bits per heavy atom. The zero-order chi connectivity index (χ0) is 18.2. The second kappa shape index (κ2) is 9.12. The predicted octanol–water partition coefficient (Wildman–Crippen LogP) is 2.20. The SMILES string of the molecule is CCOC(=O)C1CCN(CCC(=O)Nc2cccc([N+](=O)[O-])c2)CC1. The highest BCUT2D eigenvalue weighted by molar-refractivity contribution is 5.91. The van der Waals surface area contributed by atoms with Crippen molar-refractivity contribution in [2.75, 3.05) is 31.6 Å². The highest BCUT2D eigenvalue weighted by atomic mass is 16.6. The van der Waals surface area contributed by atoms with Gasteiger partial charge in [-0.15, -0.1) is 0 Å². The second-order valence-electron chi connectivity index (χ2n) is 5.97. The number of anilines is 1. The fourth-order valence-electron chi connectivity index (χ4n) is 2.83. The molecule has 0 radical (unpaired) electrons. The molecule has 136 valence electrons. The van der Waals surface area contributed by atoms with Gasteiger partial charge in [0.15, 0.2) is 0 Å². The van der Waals surface area contributed by atoms with Crippen LogP contribution in [-0.4, -0.2) is 47.9 Å². The number of piperidine rings is 1. The summed E-state index contributed by atoms with van der Waals surface area (Å²) in [6.07, 6.45) is 1.78. The fourth-order valence-corrected chi connectivity index (χ4v) is 2.83. The predicted molar refractivity (Wildman–Crippen MR) is 92.1 cm³/mol. The molecule has 25 heavy (non-hydrogen) atoms. The maximum absolute atomic E-state index is 12.0. The zero-order valence-corrected chi connectivity index (χ0v) is 14.3. The van der Waals surface area contributed by atoms with E-state index in [0.29, 0.717) is 25.3 Å². The highest BCUT2D eigenvalue weighted by Crippen LogP contribution is 2.19. The van der Waals surface area contributed by atoms with Gasteiger partial charge in [-0.2, -0.15) is 0 Å². The lowest BCUT2D eigenvalue weighted by Crippen LogP contribution is -2.38. The molecule has 8 heteroatoms. The van der Waals surface area contributed by atoms with Crippen molar-refractivity contribution >= 4 is 23.3 Å². The molecule has 0 spiro atoms. The summed E-state index contributed by atoms with van der Waals surface area (Å²) in [5.74, 6) is -0.367. The van der Waals surface area contributed by atoms with Crippen LogP contribution in [0, 0.1) is 16.0 Å². The molecule has 0 atom stereocenters. The summed E-state index contributed by atoms with van der Waals surface area (Å²) in [6.45, 7) is 4.31. The minimum absolute atomic E-state index is 0.0464. The third-order valence-electron chi connectivity index (χ3n) is 4.20. The highest BCUT2D eigenvalue weighted by Gasteiger charge is 2.25. The Hall–Kier alpha value is -2.48. The van der Waals surface area contributed by atoms with Gasteiger partial charge < -0.3 is 15.0 Å². The maximum Gasteiger partial charge on any atom is 0.309 e. The van der Waals surface area contributed by atoms with Crippen LogP contribution in [0.2, 0.25) is 0 Å². The lowest BCUT2D eigenvalue weighted by atomic mass is 9.97. The molecule has 1 amide bonds. The quantitative estimate of drug-likeness (QED) is 0.460. The summed E-state index contributed by atoms with van der Waals surface area (Å²) in [5, 5.41) is 13.4. The second-order valence-corrected chi connectivity index (χ2v) is 5.97. The average molecular weight is 349 g/mol. The molecular formula is C17H23N3O5. The number of non-ortho nitro benzene ring substituents is 1. The van der Waals surface area contributed by atoms with Crippen molar-refractivity contribution in [3.05, 3.63) is 34.4 Å². The van der Waals surface area contributed by atoms with Gasteiger partial charge in [0.2, 0.25) is 5.91 Å². The monoisotopic (exact) mass is 349 g/mol. The van der Waals surface area contributed by atoms with Gasteiger partial charge in [0.1, 0.15) is 0 Å². The molecule has 1 fully saturated rings. The van der Waals surface area contributed by atoms with Crippen molar-refractivity contribution < 1.29 is 19.2 Å². The van der Waals surface area contributed by atoms with E-state index in [9.17, 15) is 19.7 Å². The number of nitro benzene ring substituents is 1. The van der Waals surface area contributed by atoms with Crippen LogP contribution in [0.5, 0.6) is 0 Å². The molecule has 1 aromatic carbocycles. The number of benzene rings is 1. The van der Waals surface area contributed by atoms with Gasteiger partial charge in [-0.05, 0) is 38.9 Å². The number of nitro groups is 1. The van der Waals surface area contributed by atoms with Gasteiger partial charge in [-0.25, -0.2) is 0 Å². The number of nitrogens with zero attached hydrogens (tertiary/aromatic N) is 2. The molecule has 0 aromatic heterocycles. The number of carbonyl (C=O) groups excluding carboxylic acids is 2. The van der Waals surface area contributed by atoms with Crippen molar-refractivity contribution in [2.45, 2.75) is 26.2 Å². The van der Waals surface area contributed by atoms with Crippen molar-refractivity contribution in [3.63, 3.8) is 0 Å². The molecule has 1 aliphatic rings. The van der Waals surface area contributed by atoms with Crippen LogP contribution in [0.25, 0.3) is 0 Å². The van der Waals surface area contributed by atoms with E-state index >= 15 is 0 Å². The molecule has 1 N–H and O–H groups in total. The van der Waals surface area contributed by atoms with E-state index in [1.807, 2.05) is 0 Å². The topological polar surface area (TPSA) is 102 Å². The molecule has 8 nitrogen and oxygen atoms in total. The van der Waals surface area contributed by atoms with Gasteiger partial charge in [0.25, 0.3) is 5.69 Å². The Labute approximate surface area is 146 Å². The summed E-state index contributed by atoms with van der Waals surface area (Å²) < 4.78 is 5.04. The normalized spacial score (nSPS) is 15.6. The Morgan fingerprint density at radius 1 is 1.36 bits per heavy atom. The molecule has 2 rings (SSSR count). The summed E-state index contributed by atoms with van der Waals surface area (Å²) >= 11 is 0. The van der Waals surface area contributed by atoms with Crippen molar-refractivity contribution in [1.82, 2.24) is 4.90 Å². The van der Waals surface area contributed by atoms with E-state index < -0.39 is 4.92 Å². The fraction of sp³-hybridized carbons (Fsp3) is 0.529. The third-order valence-corrected chi connectivity index (χ3v) is 4.20. The Balaban J connectivity index is 1.73. The molecule has 0 bridgehead atoms. The van der Waals surface area contributed by atoms with Crippen molar-refractivity contribution in [1.29, 1.82) is 0 Å². The van der Waals surface area contributed by atoms with E-state index in [-0.39, 0.29) is 23.5 Å². The van der Waals surface area contributed by atoms with Gasteiger partial charge >= 0.3 is 5.97 Å². The molecule has 1 saturated heterocycles. The van der Waals surface area contributed by atoms with E-state index in [2.05, 4.69) is 10.2 Å². The van der Waals surface area contributed by atoms with Crippen LogP contribution in [-0.2, 0) is 14.3 Å². The summed E-state index contributed by atoms with van der Waals surface area (Å²) in [7, 11) is 0. The first-order valence-corrected chi connectivity index (χ1v) is 8.43. The average Bonchev–Trinajstić information content (AvgIpc) is 2.61. The number of ether oxygens (including phenoxy) is 1. The van der Waals surface area contributed by atoms with Gasteiger partial charge in [-0.3, -0.25) is 19.7 Å².